The molecule has 1 heterocycles. The molecule has 5 nitrogen and oxygen atoms in total. The summed E-state index contributed by atoms with van der Waals surface area (Å²) in [7, 11) is 0. The van der Waals surface area contributed by atoms with E-state index in [-0.39, 0.29) is 18.7 Å². The second-order valence-electron chi connectivity index (χ2n) is 7.46. The van der Waals surface area contributed by atoms with E-state index < -0.39 is 5.60 Å². The number of benzene rings is 1. The van der Waals surface area contributed by atoms with Gasteiger partial charge in [-0.1, -0.05) is 30.3 Å². The molecule has 24 heavy (non-hydrogen) atoms. The molecule has 0 aromatic heterocycles. The standard InChI is InChI=1S/C19H30N2O3/c1-19(2,3)24-18(23)21-11-9-15(10-12-21)13-20-17(14-22)16-7-5-4-6-8-16/h4-8,15,17,20,22H,9-14H2,1-3H3/t17-/m0/s1. The molecule has 1 aliphatic rings. The maximum Gasteiger partial charge on any atom is 0.410 e. The predicted octanol–water partition coefficient (Wildman–Crippen LogP) is 2.96. The molecule has 1 amide bonds. The largest absolute Gasteiger partial charge is 0.444 e. The van der Waals surface area contributed by atoms with Crippen molar-refractivity contribution < 1.29 is 14.6 Å². The van der Waals surface area contributed by atoms with Crippen LogP contribution in [0.3, 0.4) is 0 Å². The van der Waals surface area contributed by atoms with Crippen molar-refractivity contribution in [3.8, 4) is 0 Å². The molecule has 1 aromatic rings. The van der Waals surface area contributed by atoms with Gasteiger partial charge >= 0.3 is 6.09 Å². The maximum atomic E-state index is 12.1. The molecule has 0 spiro atoms. The second-order valence-corrected chi connectivity index (χ2v) is 7.46. The first-order valence-corrected chi connectivity index (χ1v) is 8.76. The average Bonchev–Trinajstić information content (AvgIpc) is 2.55. The number of aliphatic hydroxyl groups is 1. The van der Waals surface area contributed by atoms with Crippen molar-refractivity contribution in [2.45, 2.75) is 45.3 Å². The molecular weight excluding hydrogens is 304 g/mol. The molecule has 0 bridgehead atoms. The van der Waals surface area contributed by atoms with Gasteiger partial charge in [0.05, 0.1) is 12.6 Å². The number of hydrogen-bond acceptors (Lipinski definition) is 4. The number of carbonyl (C=O) groups is 1. The number of rotatable bonds is 5. The summed E-state index contributed by atoms with van der Waals surface area (Å²) >= 11 is 0. The smallest absolute Gasteiger partial charge is 0.410 e. The number of ether oxygens (including phenoxy) is 1. The summed E-state index contributed by atoms with van der Waals surface area (Å²) in [5, 5.41) is 13.1. The zero-order valence-corrected chi connectivity index (χ0v) is 15.0. The predicted molar refractivity (Wildman–Crippen MR) is 94.8 cm³/mol. The van der Waals surface area contributed by atoms with Crippen LogP contribution in [0.15, 0.2) is 30.3 Å². The van der Waals surface area contributed by atoms with E-state index in [0.29, 0.717) is 5.92 Å². The number of nitrogens with zero attached hydrogens (tertiary/aromatic N) is 1. The summed E-state index contributed by atoms with van der Waals surface area (Å²) in [6.45, 7) is 8.07. The van der Waals surface area contributed by atoms with Gasteiger partial charge in [-0.15, -0.1) is 0 Å². The van der Waals surface area contributed by atoms with Crippen LogP contribution in [-0.2, 0) is 4.74 Å². The normalized spacial score (nSPS) is 17.6. The molecule has 0 saturated carbocycles. The molecule has 0 radical (unpaired) electrons. The molecular formula is C19H30N2O3. The van der Waals surface area contributed by atoms with Crippen LogP contribution in [-0.4, -0.2) is 47.9 Å². The van der Waals surface area contributed by atoms with E-state index in [1.54, 1.807) is 4.90 Å². The number of carbonyl (C=O) groups excluding carboxylic acids is 1. The Morgan fingerprint density at radius 1 is 1.29 bits per heavy atom. The van der Waals surface area contributed by atoms with Crippen molar-refractivity contribution in [3.05, 3.63) is 35.9 Å². The van der Waals surface area contributed by atoms with Crippen LogP contribution in [0.1, 0.15) is 45.2 Å². The highest BCUT2D eigenvalue weighted by Crippen LogP contribution is 2.20. The monoisotopic (exact) mass is 334 g/mol. The fraction of sp³-hybridized carbons (Fsp3) is 0.632. The van der Waals surface area contributed by atoms with Crippen LogP contribution in [0.2, 0.25) is 0 Å². The van der Waals surface area contributed by atoms with Gasteiger partial charge in [-0.25, -0.2) is 4.79 Å². The van der Waals surface area contributed by atoms with Crippen molar-refractivity contribution >= 4 is 6.09 Å². The molecule has 1 atom stereocenters. The molecule has 5 heteroatoms. The number of hydrogen-bond donors (Lipinski definition) is 2. The third-order valence-electron chi connectivity index (χ3n) is 4.30. The summed E-state index contributed by atoms with van der Waals surface area (Å²) < 4.78 is 5.42. The van der Waals surface area contributed by atoms with Crippen LogP contribution >= 0.6 is 0 Å². The van der Waals surface area contributed by atoms with E-state index in [1.807, 2.05) is 51.1 Å². The lowest BCUT2D eigenvalue weighted by Crippen LogP contribution is -2.43. The summed E-state index contributed by atoms with van der Waals surface area (Å²) in [6.07, 6.45) is 1.70. The fourth-order valence-electron chi connectivity index (χ4n) is 2.93. The molecule has 2 N–H and O–H groups in total. The number of likely N-dealkylation sites (tertiary alicyclic amines) is 1. The highest BCUT2D eigenvalue weighted by molar-refractivity contribution is 5.68. The van der Waals surface area contributed by atoms with Gasteiger partial charge in [-0.3, -0.25) is 0 Å². The topological polar surface area (TPSA) is 61.8 Å². The summed E-state index contributed by atoms with van der Waals surface area (Å²) in [4.78, 5) is 13.9. The van der Waals surface area contributed by atoms with Crippen LogP contribution in [0.5, 0.6) is 0 Å². The van der Waals surface area contributed by atoms with Crippen molar-refractivity contribution in [3.63, 3.8) is 0 Å². The molecule has 1 saturated heterocycles. The van der Waals surface area contributed by atoms with E-state index in [0.717, 1.165) is 38.0 Å². The van der Waals surface area contributed by atoms with Gasteiger partial charge in [0, 0.05) is 13.1 Å². The van der Waals surface area contributed by atoms with E-state index in [4.69, 9.17) is 4.74 Å². The van der Waals surface area contributed by atoms with Gasteiger partial charge in [0.15, 0.2) is 0 Å². The lowest BCUT2D eigenvalue weighted by atomic mass is 9.96. The zero-order valence-electron chi connectivity index (χ0n) is 15.0. The van der Waals surface area contributed by atoms with Gasteiger partial charge in [0.2, 0.25) is 0 Å². The van der Waals surface area contributed by atoms with Gasteiger partial charge in [-0.2, -0.15) is 0 Å². The van der Waals surface area contributed by atoms with Crippen LogP contribution in [0, 0.1) is 5.92 Å². The Kier molecular flexibility index (Phi) is 6.63. The molecule has 0 aliphatic carbocycles. The summed E-state index contributed by atoms with van der Waals surface area (Å²) in [6, 6.07) is 9.97. The van der Waals surface area contributed by atoms with E-state index >= 15 is 0 Å². The van der Waals surface area contributed by atoms with E-state index in [1.165, 1.54) is 0 Å². The molecule has 1 fully saturated rings. The van der Waals surface area contributed by atoms with Crippen molar-refractivity contribution in [1.29, 1.82) is 0 Å². The van der Waals surface area contributed by atoms with Gasteiger partial charge < -0.3 is 20.1 Å². The molecule has 1 aromatic carbocycles. The first kappa shape index (κ1) is 18.7. The third kappa shape index (κ3) is 5.80. The Labute approximate surface area is 145 Å². The highest BCUT2D eigenvalue weighted by Gasteiger charge is 2.27. The van der Waals surface area contributed by atoms with E-state index in [2.05, 4.69) is 5.32 Å². The molecule has 1 aliphatic heterocycles. The molecule has 2 rings (SSSR count). The highest BCUT2D eigenvalue weighted by atomic mass is 16.6. The van der Waals surface area contributed by atoms with Crippen LogP contribution < -0.4 is 5.32 Å². The minimum Gasteiger partial charge on any atom is -0.444 e. The van der Waals surface area contributed by atoms with Gasteiger partial charge in [0.1, 0.15) is 5.60 Å². The van der Waals surface area contributed by atoms with Crippen molar-refractivity contribution in [2.75, 3.05) is 26.2 Å². The lowest BCUT2D eigenvalue weighted by molar-refractivity contribution is 0.0183. The van der Waals surface area contributed by atoms with Gasteiger partial charge in [0.25, 0.3) is 0 Å². The Bertz CT molecular complexity index is 505. The first-order valence-electron chi connectivity index (χ1n) is 8.76. The lowest BCUT2D eigenvalue weighted by Gasteiger charge is -2.34. The van der Waals surface area contributed by atoms with Crippen LogP contribution in [0.25, 0.3) is 0 Å². The Morgan fingerprint density at radius 2 is 1.92 bits per heavy atom. The number of piperidine rings is 1. The Hall–Kier alpha value is -1.59. The van der Waals surface area contributed by atoms with Crippen molar-refractivity contribution in [2.24, 2.45) is 5.92 Å². The minimum absolute atomic E-state index is 0.0323. The van der Waals surface area contributed by atoms with E-state index in [9.17, 15) is 9.90 Å². The summed E-state index contributed by atoms with van der Waals surface area (Å²) in [5.74, 6) is 0.515. The first-order chi connectivity index (χ1) is 11.4. The number of aliphatic hydroxyl groups excluding tert-OH is 1. The Balaban J connectivity index is 1.76. The quantitative estimate of drug-likeness (QED) is 0.869. The average molecular weight is 334 g/mol. The second kappa shape index (κ2) is 8.49. The minimum atomic E-state index is -0.445. The molecule has 134 valence electrons. The number of amides is 1. The summed E-state index contributed by atoms with van der Waals surface area (Å²) in [5.41, 5.74) is 0.658. The van der Waals surface area contributed by atoms with Crippen molar-refractivity contribution in [1.82, 2.24) is 10.2 Å². The third-order valence-corrected chi connectivity index (χ3v) is 4.30. The zero-order chi connectivity index (χ0) is 17.6. The van der Waals surface area contributed by atoms with Crippen LogP contribution in [0.4, 0.5) is 4.79 Å². The Morgan fingerprint density at radius 3 is 2.46 bits per heavy atom. The van der Waals surface area contributed by atoms with Gasteiger partial charge in [-0.05, 0) is 51.6 Å². The maximum absolute atomic E-state index is 12.1. The SMILES string of the molecule is CC(C)(C)OC(=O)N1CCC(CN[C@@H](CO)c2ccccc2)CC1. The fourth-order valence-corrected chi connectivity index (χ4v) is 2.93. The molecule has 0 unspecified atom stereocenters. The number of nitrogens with one attached hydrogen (secondary N) is 1.